The third-order valence-corrected chi connectivity index (χ3v) is 2.95. The molecule has 1 amide bonds. The monoisotopic (exact) mass is 368 g/mol. The Morgan fingerprint density at radius 2 is 1.61 bits per heavy atom. The van der Waals surface area contributed by atoms with E-state index < -0.39 is 32.2 Å². The summed E-state index contributed by atoms with van der Waals surface area (Å²) in [6.45, 7) is -0.770. The molecule has 0 saturated carbocycles. The van der Waals surface area contributed by atoms with Crippen molar-refractivity contribution in [1.82, 2.24) is 10.4 Å². The van der Waals surface area contributed by atoms with Gasteiger partial charge in [-0.05, 0) is 19.7 Å². The fourth-order valence-corrected chi connectivity index (χ4v) is 2.11. The van der Waals surface area contributed by atoms with Crippen LogP contribution in [0.4, 0.5) is 0 Å². The molecule has 0 fully saturated rings. The minimum Gasteiger partial charge on any atom is -0.799 e. The largest absolute Gasteiger partial charge is 1.00 e. The fraction of sp³-hybridized carbons (Fsp3) is 0.273. The van der Waals surface area contributed by atoms with Crippen LogP contribution in [0.2, 0.25) is 0 Å². The Balaban J connectivity index is -0.00000133. The number of benzene rings is 1. The summed E-state index contributed by atoms with van der Waals surface area (Å²) in [6.07, 6.45) is -0.0752. The molecule has 0 bridgehead atoms. The van der Waals surface area contributed by atoms with E-state index in [0.717, 1.165) is 0 Å². The molecule has 23 heavy (non-hydrogen) atoms. The van der Waals surface area contributed by atoms with E-state index in [-0.39, 0.29) is 95.1 Å². The van der Waals surface area contributed by atoms with E-state index in [2.05, 4.69) is 0 Å². The second-order valence-electron chi connectivity index (χ2n) is 3.96. The molecule has 110 valence electrons. The van der Waals surface area contributed by atoms with E-state index in [9.17, 15) is 29.0 Å². The Hall–Kier alpha value is 1.27. The number of amides is 1. The van der Waals surface area contributed by atoms with Gasteiger partial charge in [-0.1, -0.05) is 30.3 Å². The molecule has 0 aliphatic carbocycles. The molecule has 0 aliphatic rings. The minimum absolute atomic E-state index is 0. The van der Waals surface area contributed by atoms with Crippen LogP contribution in [-0.2, 0) is 20.6 Å². The van der Waals surface area contributed by atoms with Crippen LogP contribution in [0.1, 0.15) is 5.56 Å². The topological polar surface area (TPSA) is 144 Å². The molecule has 0 aromatic heterocycles. The van der Waals surface area contributed by atoms with Crippen LogP contribution in [0.25, 0.3) is 0 Å². The van der Waals surface area contributed by atoms with Gasteiger partial charge in [0.05, 0.1) is 18.6 Å². The second kappa shape index (κ2) is 14.4. The number of carbonyl (C=O) groups excluding carboxylic acids is 2. The van der Waals surface area contributed by atoms with Gasteiger partial charge in [0.25, 0.3) is 0 Å². The van der Waals surface area contributed by atoms with E-state index in [1.54, 1.807) is 35.4 Å². The summed E-state index contributed by atoms with van der Waals surface area (Å²) in [5.74, 6) is -2.44. The zero-order chi connectivity index (χ0) is 15.2. The van der Waals surface area contributed by atoms with Crippen molar-refractivity contribution in [3.63, 3.8) is 0 Å². The number of carboxylic acids is 1. The molecule has 0 heterocycles. The number of carbonyl (C=O) groups is 2. The molecule has 1 aromatic rings. The molecule has 2 N–H and O–H groups in total. The number of rotatable bonds is 7. The van der Waals surface area contributed by atoms with Gasteiger partial charge in [-0.25, -0.2) is 0 Å². The third kappa shape index (κ3) is 14.2. The molecular weight excluding hydrogens is 356 g/mol. The summed E-state index contributed by atoms with van der Waals surface area (Å²) >= 11 is 0. The van der Waals surface area contributed by atoms with Crippen molar-refractivity contribution >= 4 is 19.6 Å². The number of hydrogen-bond donors (Lipinski definition) is 2. The number of aliphatic carboxylic acids is 1. The van der Waals surface area contributed by atoms with E-state index in [0.29, 0.717) is 5.56 Å². The van der Waals surface area contributed by atoms with Gasteiger partial charge in [-0.2, -0.15) is 0 Å². The second-order valence-corrected chi connectivity index (χ2v) is 5.21. The number of hydrogen-bond acceptors (Lipinski definition) is 6. The van der Waals surface area contributed by atoms with Gasteiger partial charge >= 0.3 is 88.7 Å². The first-order valence-electron chi connectivity index (χ1n) is 5.59. The maximum absolute atomic E-state index is 11.7. The van der Waals surface area contributed by atoms with E-state index in [1.807, 2.05) is 5.32 Å². The van der Waals surface area contributed by atoms with Gasteiger partial charge in [0, 0.05) is 0 Å². The van der Waals surface area contributed by atoms with Gasteiger partial charge in [0.15, 0.2) is 0 Å². The quantitative estimate of drug-likeness (QED) is 0.359. The molecule has 1 rings (SSSR count). The minimum atomic E-state index is -5.13. The molecular formula is C11H12N2Na3O6P. The summed E-state index contributed by atoms with van der Waals surface area (Å²) in [5, 5.41) is 13.9. The summed E-state index contributed by atoms with van der Waals surface area (Å²) in [6, 6.07) is 6.99. The number of carboxylic acid groups (broad SMARTS) is 1. The van der Waals surface area contributed by atoms with Gasteiger partial charge in [-0.3, -0.25) is 9.88 Å². The van der Waals surface area contributed by atoms with Crippen LogP contribution < -0.4 is 114 Å². The Labute approximate surface area is 200 Å². The Morgan fingerprint density at radius 1 is 1.09 bits per heavy atom. The Bertz CT molecular complexity index is 528. The van der Waals surface area contributed by atoms with Crippen molar-refractivity contribution < 1.29 is 118 Å². The van der Waals surface area contributed by atoms with Crippen LogP contribution in [0.15, 0.2) is 30.3 Å². The van der Waals surface area contributed by atoms with E-state index in [1.165, 1.54) is 0 Å². The van der Waals surface area contributed by atoms with Gasteiger partial charge in [-0.15, -0.1) is 0 Å². The van der Waals surface area contributed by atoms with E-state index in [4.69, 9.17) is 0 Å². The average molecular weight is 368 g/mol. The van der Waals surface area contributed by atoms with Crippen molar-refractivity contribution in [3.05, 3.63) is 35.9 Å². The van der Waals surface area contributed by atoms with Crippen LogP contribution in [0.3, 0.4) is 0 Å². The van der Waals surface area contributed by atoms with Crippen LogP contribution in [0.5, 0.6) is 0 Å². The summed E-state index contributed by atoms with van der Waals surface area (Å²) < 4.78 is 10.7. The Kier molecular flexibility index (Phi) is 18.2. The molecule has 8 nitrogen and oxygen atoms in total. The molecule has 12 heteroatoms. The first-order valence-corrected chi connectivity index (χ1v) is 7.13. The molecule has 0 unspecified atom stereocenters. The van der Waals surface area contributed by atoms with Crippen LogP contribution >= 0.6 is 7.75 Å². The molecule has 1 aromatic carbocycles. The predicted octanol–water partition coefficient (Wildman–Crippen LogP) is -12.1. The van der Waals surface area contributed by atoms with Crippen molar-refractivity contribution in [2.75, 3.05) is 6.54 Å². The van der Waals surface area contributed by atoms with Crippen LogP contribution in [-0.4, -0.2) is 24.5 Å². The van der Waals surface area contributed by atoms with Crippen molar-refractivity contribution in [2.45, 2.75) is 12.5 Å². The van der Waals surface area contributed by atoms with Crippen LogP contribution in [0, 0.1) is 0 Å². The van der Waals surface area contributed by atoms with Crippen molar-refractivity contribution in [2.24, 2.45) is 0 Å². The fourth-order valence-electron chi connectivity index (χ4n) is 1.52. The summed E-state index contributed by atoms with van der Waals surface area (Å²) in [4.78, 5) is 43.4. The molecule has 0 spiro atoms. The van der Waals surface area contributed by atoms with Crippen molar-refractivity contribution in [1.29, 1.82) is 0 Å². The SMILES string of the molecule is O=C([O-])CNC(=O)[C@H](Cc1ccccc1)NP(=O)([O-])[O-].[Na+].[Na+].[Na+]. The summed E-state index contributed by atoms with van der Waals surface area (Å²) in [7, 11) is -5.13. The smallest absolute Gasteiger partial charge is 0.799 e. The first kappa shape index (κ1) is 29.0. The molecule has 1 atom stereocenters. The zero-order valence-corrected chi connectivity index (χ0v) is 20.2. The maximum Gasteiger partial charge on any atom is 1.00 e. The van der Waals surface area contributed by atoms with Gasteiger partial charge < -0.3 is 29.6 Å². The maximum atomic E-state index is 11.7. The molecule has 0 saturated heterocycles. The zero-order valence-electron chi connectivity index (χ0n) is 13.3. The number of nitrogens with one attached hydrogen (secondary N) is 2. The van der Waals surface area contributed by atoms with Crippen molar-refractivity contribution in [3.8, 4) is 0 Å². The summed E-state index contributed by atoms with van der Waals surface area (Å²) in [5.41, 5.74) is 0.613. The first-order chi connectivity index (χ1) is 9.28. The van der Waals surface area contributed by atoms with Gasteiger partial charge in [0.2, 0.25) is 5.91 Å². The predicted molar refractivity (Wildman–Crippen MR) is 62.7 cm³/mol. The average Bonchev–Trinajstić information content (AvgIpc) is 2.34. The Morgan fingerprint density at radius 3 is 2.04 bits per heavy atom. The third-order valence-electron chi connectivity index (χ3n) is 2.32. The normalized spacial score (nSPS) is 11.0. The standard InChI is InChI=1S/C11H15N2O6P.3Na/c14-10(15)7-12-11(16)9(13-20(17,18)19)6-8-4-2-1-3-5-8;;;/h1-5,9H,6-7H2,(H,12,16)(H,14,15)(H3,13,17,18,19);;;/q;3*+1/p-3/t9-;;;/m0.../s1. The molecule has 0 aliphatic heterocycles. The van der Waals surface area contributed by atoms with Gasteiger partial charge in [0.1, 0.15) is 0 Å². The van der Waals surface area contributed by atoms with E-state index >= 15 is 0 Å². The molecule has 0 radical (unpaired) electrons.